The van der Waals surface area contributed by atoms with Gasteiger partial charge in [0.2, 0.25) is 0 Å². The molecule has 0 atom stereocenters. The first-order valence-electron chi connectivity index (χ1n) is 5.57. The number of methoxy groups -OCH3 is 1. The molecule has 2 aromatic rings. The van der Waals surface area contributed by atoms with Gasteiger partial charge in [0.15, 0.2) is 5.13 Å². The quantitative estimate of drug-likeness (QED) is 0.841. The molecular weight excluding hydrogens is 252 g/mol. The van der Waals surface area contributed by atoms with Gasteiger partial charge in [-0.3, -0.25) is 4.79 Å². The topological polar surface area (TPSA) is 60.5 Å². The van der Waals surface area contributed by atoms with Crippen LogP contribution in [0.25, 0.3) is 10.2 Å². The van der Waals surface area contributed by atoms with Crippen molar-refractivity contribution in [2.24, 2.45) is 0 Å². The third-order valence-corrected chi connectivity index (χ3v) is 3.26. The van der Waals surface area contributed by atoms with Crippen LogP contribution in [0.2, 0.25) is 0 Å². The minimum Gasteiger partial charge on any atom is -0.497 e. The van der Waals surface area contributed by atoms with Crippen LogP contribution in [0.3, 0.4) is 0 Å². The Morgan fingerprint density at radius 3 is 3.06 bits per heavy atom. The van der Waals surface area contributed by atoms with Crippen molar-refractivity contribution in [3.05, 3.63) is 18.2 Å². The number of rotatable bonds is 5. The molecule has 1 heterocycles. The standard InChI is InChI=1S/C12H14N2O3S/c1-3-17-11(15)7-13-12-14-9-5-4-8(16-2)6-10(9)18-12/h4-6H,3,7H2,1-2H3,(H,13,14). The number of anilines is 1. The number of fused-ring (bicyclic) bond motifs is 1. The number of hydrogen-bond donors (Lipinski definition) is 1. The molecule has 1 aromatic carbocycles. The third kappa shape index (κ3) is 2.89. The summed E-state index contributed by atoms with van der Waals surface area (Å²) in [7, 11) is 1.63. The fourth-order valence-corrected chi connectivity index (χ4v) is 2.36. The fourth-order valence-electron chi connectivity index (χ4n) is 1.47. The highest BCUT2D eigenvalue weighted by atomic mass is 32.1. The van der Waals surface area contributed by atoms with E-state index in [1.54, 1.807) is 14.0 Å². The van der Waals surface area contributed by atoms with E-state index in [0.717, 1.165) is 16.0 Å². The van der Waals surface area contributed by atoms with Crippen LogP contribution >= 0.6 is 11.3 Å². The van der Waals surface area contributed by atoms with Gasteiger partial charge in [-0.2, -0.15) is 0 Å². The minimum absolute atomic E-state index is 0.130. The van der Waals surface area contributed by atoms with E-state index in [4.69, 9.17) is 9.47 Å². The molecule has 0 aliphatic rings. The Morgan fingerprint density at radius 1 is 1.50 bits per heavy atom. The van der Waals surface area contributed by atoms with Gasteiger partial charge in [-0.25, -0.2) is 4.98 Å². The molecule has 2 rings (SSSR count). The Bertz CT molecular complexity index is 553. The van der Waals surface area contributed by atoms with Crippen LogP contribution in [-0.4, -0.2) is 31.2 Å². The predicted molar refractivity (Wildman–Crippen MR) is 71.3 cm³/mol. The highest BCUT2D eigenvalue weighted by Gasteiger charge is 2.07. The number of ether oxygens (including phenoxy) is 2. The van der Waals surface area contributed by atoms with E-state index in [1.165, 1.54) is 11.3 Å². The van der Waals surface area contributed by atoms with Gasteiger partial charge in [0.25, 0.3) is 0 Å². The average Bonchev–Trinajstić information content (AvgIpc) is 2.78. The zero-order valence-corrected chi connectivity index (χ0v) is 11.0. The summed E-state index contributed by atoms with van der Waals surface area (Å²) in [6.45, 7) is 2.30. The molecule has 0 bridgehead atoms. The second kappa shape index (κ2) is 5.68. The molecule has 1 N–H and O–H groups in total. The Hall–Kier alpha value is -1.82. The zero-order valence-electron chi connectivity index (χ0n) is 10.2. The van der Waals surface area contributed by atoms with E-state index in [9.17, 15) is 4.79 Å². The van der Waals surface area contributed by atoms with E-state index >= 15 is 0 Å². The first kappa shape index (κ1) is 12.6. The largest absolute Gasteiger partial charge is 0.497 e. The van der Waals surface area contributed by atoms with Gasteiger partial charge >= 0.3 is 5.97 Å². The van der Waals surface area contributed by atoms with Crippen LogP contribution in [0.15, 0.2) is 18.2 Å². The molecule has 1 aromatic heterocycles. The van der Waals surface area contributed by atoms with Crippen LogP contribution in [0, 0.1) is 0 Å². The molecule has 0 saturated heterocycles. The molecule has 0 aliphatic carbocycles. The molecule has 0 fully saturated rings. The lowest BCUT2D eigenvalue weighted by Gasteiger charge is -2.01. The molecule has 6 heteroatoms. The molecule has 0 spiro atoms. The van der Waals surface area contributed by atoms with Crippen molar-refractivity contribution >= 4 is 32.7 Å². The molecule has 0 saturated carbocycles. The van der Waals surface area contributed by atoms with Crippen LogP contribution < -0.4 is 10.1 Å². The van der Waals surface area contributed by atoms with Gasteiger partial charge in [0, 0.05) is 0 Å². The van der Waals surface area contributed by atoms with Crippen LogP contribution in [-0.2, 0) is 9.53 Å². The molecule has 18 heavy (non-hydrogen) atoms. The molecule has 0 radical (unpaired) electrons. The third-order valence-electron chi connectivity index (χ3n) is 2.28. The monoisotopic (exact) mass is 266 g/mol. The summed E-state index contributed by atoms with van der Waals surface area (Å²) in [6.07, 6.45) is 0. The number of benzene rings is 1. The van der Waals surface area contributed by atoms with Gasteiger partial charge in [-0.05, 0) is 25.1 Å². The number of thiazole rings is 1. The Balaban J connectivity index is 2.08. The lowest BCUT2D eigenvalue weighted by molar-refractivity contribution is -0.140. The highest BCUT2D eigenvalue weighted by Crippen LogP contribution is 2.28. The van der Waals surface area contributed by atoms with Crippen molar-refractivity contribution < 1.29 is 14.3 Å². The highest BCUT2D eigenvalue weighted by molar-refractivity contribution is 7.22. The first-order valence-corrected chi connectivity index (χ1v) is 6.38. The number of nitrogens with zero attached hydrogens (tertiary/aromatic N) is 1. The van der Waals surface area contributed by atoms with Crippen molar-refractivity contribution in [1.29, 1.82) is 0 Å². The Labute approximate surface area is 109 Å². The van der Waals surface area contributed by atoms with Gasteiger partial charge in [0.05, 0.1) is 23.9 Å². The summed E-state index contributed by atoms with van der Waals surface area (Å²) in [5, 5.41) is 3.65. The summed E-state index contributed by atoms with van der Waals surface area (Å²) in [5.41, 5.74) is 0.882. The maximum Gasteiger partial charge on any atom is 0.325 e. The van der Waals surface area contributed by atoms with Crippen LogP contribution in [0.5, 0.6) is 5.75 Å². The zero-order chi connectivity index (χ0) is 13.0. The summed E-state index contributed by atoms with van der Waals surface area (Å²) in [4.78, 5) is 15.6. The first-order chi connectivity index (χ1) is 8.72. The minimum atomic E-state index is -0.283. The summed E-state index contributed by atoms with van der Waals surface area (Å²) >= 11 is 1.48. The molecule has 0 unspecified atom stereocenters. The fraction of sp³-hybridized carbons (Fsp3) is 0.333. The van der Waals surface area contributed by atoms with Crippen LogP contribution in [0.1, 0.15) is 6.92 Å². The number of nitrogens with one attached hydrogen (secondary N) is 1. The van der Waals surface area contributed by atoms with Crippen molar-refractivity contribution in [3.8, 4) is 5.75 Å². The van der Waals surface area contributed by atoms with Crippen molar-refractivity contribution in [3.63, 3.8) is 0 Å². The maximum absolute atomic E-state index is 11.2. The van der Waals surface area contributed by atoms with E-state index in [0.29, 0.717) is 11.7 Å². The lowest BCUT2D eigenvalue weighted by Crippen LogP contribution is -2.16. The van der Waals surface area contributed by atoms with Gasteiger partial charge in [-0.1, -0.05) is 11.3 Å². The van der Waals surface area contributed by atoms with E-state index < -0.39 is 0 Å². The van der Waals surface area contributed by atoms with Crippen molar-refractivity contribution in [2.45, 2.75) is 6.92 Å². The summed E-state index contributed by atoms with van der Waals surface area (Å²) in [5.74, 6) is 0.512. The van der Waals surface area contributed by atoms with E-state index in [-0.39, 0.29) is 12.5 Å². The summed E-state index contributed by atoms with van der Waals surface area (Å²) < 4.78 is 11.0. The van der Waals surface area contributed by atoms with Gasteiger partial charge in [-0.15, -0.1) is 0 Å². The second-order valence-corrected chi connectivity index (χ2v) is 4.54. The van der Waals surface area contributed by atoms with Crippen LogP contribution in [0.4, 0.5) is 5.13 Å². The summed E-state index contributed by atoms with van der Waals surface area (Å²) in [6, 6.07) is 5.67. The van der Waals surface area contributed by atoms with Gasteiger partial charge in [0.1, 0.15) is 12.3 Å². The SMILES string of the molecule is CCOC(=O)CNc1nc2ccc(OC)cc2s1. The predicted octanol–water partition coefficient (Wildman–Crippen LogP) is 2.28. The Kier molecular flexibility index (Phi) is 3.99. The molecular formula is C12H14N2O3S. The second-order valence-electron chi connectivity index (χ2n) is 3.51. The normalized spacial score (nSPS) is 10.3. The molecule has 0 aliphatic heterocycles. The maximum atomic E-state index is 11.2. The smallest absolute Gasteiger partial charge is 0.325 e. The van der Waals surface area contributed by atoms with E-state index in [1.807, 2.05) is 18.2 Å². The van der Waals surface area contributed by atoms with Crippen molar-refractivity contribution in [2.75, 3.05) is 25.6 Å². The van der Waals surface area contributed by atoms with Gasteiger partial charge < -0.3 is 14.8 Å². The molecule has 96 valence electrons. The molecule has 5 nitrogen and oxygen atoms in total. The number of carbonyl (C=O) groups is 1. The lowest BCUT2D eigenvalue weighted by atomic mass is 10.3. The number of aromatic nitrogens is 1. The number of carbonyl (C=O) groups excluding carboxylic acids is 1. The van der Waals surface area contributed by atoms with E-state index in [2.05, 4.69) is 10.3 Å². The van der Waals surface area contributed by atoms with Crippen molar-refractivity contribution in [1.82, 2.24) is 4.98 Å². The number of esters is 1. The molecule has 0 amide bonds. The average molecular weight is 266 g/mol. The Morgan fingerprint density at radius 2 is 2.33 bits per heavy atom. The number of hydrogen-bond acceptors (Lipinski definition) is 6.